The fraction of sp³-hybridized carbons (Fsp3) is 0.650. The van der Waals surface area contributed by atoms with Crippen LogP contribution in [0.4, 0.5) is 5.69 Å². The average molecular weight is 440 g/mol. The number of benzene rings is 1. The third kappa shape index (κ3) is 6.15. The molecule has 168 valence electrons. The molecule has 2 aliphatic heterocycles. The van der Waals surface area contributed by atoms with Gasteiger partial charge in [0.25, 0.3) is 0 Å². The number of sulfone groups is 1. The molecule has 0 saturated carbocycles. The number of hydrogen-bond acceptors (Lipinski definition) is 7. The third-order valence-electron chi connectivity index (χ3n) is 5.61. The Morgan fingerprint density at radius 1 is 1.13 bits per heavy atom. The molecule has 0 aromatic heterocycles. The zero-order valence-corrected chi connectivity index (χ0v) is 18.9. The lowest BCUT2D eigenvalue weighted by Crippen LogP contribution is -2.48. The standard InChI is InChI=1S/C20H33N5O4S/c1-21-20(22-5-7-24-8-10-30(26,27)11-9-24)23-16-4-6-25(15-16)17-12-18(28-2)14-19(13-17)29-3/h12-14,16H,4-11,15H2,1-3H3,(H2,21,22,23). The van der Waals surface area contributed by atoms with Gasteiger partial charge in [-0.3, -0.25) is 9.89 Å². The summed E-state index contributed by atoms with van der Waals surface area (Å²) in [6.45, 7) is 4.54. The van der Waals surface area contributed by atoms with Crippen molar-refractivity contribution in [3.63, 3.8) is 0 Å². The molecule has 0 bridgehead atoms. The van der Waals surface area contributed by atoms with Crippen molar-refractivity contribution in [1.82, 2.24) is 15.5 Å². The molecule has 2 saturated heterocycles. The quantitative estimate of drug-likeness (QED) is 0.459. The number of aliphatic imine (C=N–C) groups is 1. The molecule has 2 N–H and O–H groups in total. The topological polar surface area (TPSA) is 95.5 Å². The number of anilines is 1. The number of guanidine groups is 1. The minimum atomic E-state index is -2.83. The van der Waals surface area contributed by atoms with E-state index in [0.29, 0.717) is 13.1 Å². The molecular weight excluding hydrogens is 406 g/mol. The number of ether oxygens (including phenoxy) is 2. The van der Waals surface area contributed by atoms with Gasteiger partial charge < -0.3 is 25.0 Å². The maximum absolute atomic E-state index is 11.5. The van der Waals surface area contributed by atoms with Crippen molar-refractivity contribution < 1.29 is 17.9 Å². The predicted molar refractivity (Wildman–Crippen MR) is 120 cm³/mol. The smallest absolute Gasteiger partial charge is 0.191 e. The molecule has 1 aromatic carbocycles. The maximum atomic E-state index is 11.5. The lowest BCUT2D eigenvalue weighted by molar-refractivity contribution is 0.299. The van der Waals surface area contributed by atoms with Crippen LogP contribution in [-0.4, -0.2) is 97.4 Å². The first-order valence-corrected chi connectivity index (χ1v) is 12.1. The van der Waals surface area contributed by atoms with E-state index in [1.54, 1.807) is 21.3 Å². The van der Waals surface area contributed by atoms with Crippen LogP contribution in [0, 0.1) is 0 Å². The highest BCUT2D eigenvalue weighted by Gasteiger charge is 2.25. The molecule has 1 aromatic rings. The molecule has 0 radical (unpaired) electrons. The van der Waals surface area contributed by atoms with Gasteiger partial charge in [0.05, 0.1) is 25.7 Å². The van der Waals surface area contributed by atoms with Crippen LogP contribution in [-0.2, 0) is 9.84 Å². The summed E-state index contributed by atoms with van der Waals surface area (Å²) in [5.74, 6) is 2.85. The lowest BCUT2D eigenvalue weighted by Gasteiger charge is -2.27. The first-order valence-electron chi connectivity index (χ1n) is 10.3. The van der Waals surface area contributed by atoms with Gasteiger partial charge >= 0.3 is 0 Å². The number of nitrogens with one attached hydrogen (secondary N) is 2. The zero-order valence-electron chi connectivity index (χ0n) is 18.1. The monoisotopic (exact) mass is 439 g/mol. The molecule has 3 rings (SSSR count). The van der Waals surface area contributed by atoms with Crippen molar-refractivity contribution in [2.24, 2.45) is 4.99 Å². The Hall–Kier alpha value is -2.20. The van der Waals surface area contributed by atoms with Gasteiger partial charge in [0.1, 0.15) is 11.5 Å². The van der Waals surface area contributed by atoms with Crippen LogP contribution in [0.25, 0.3) is 0 Å². The second kappa shape index (κ2) is 10.2. The molecule has 0 aliphatic carbocycles. The van der Waals surface area contributed by atoms with Crippen LogP contribution in [0.15, 0.2) is 23.2 Å². The Balaban J connectivity index is 1.46. The largest absolute Gasteiger partial charge is 0.497 e. The van der Waals surface area contributed by atoms with Gasteiger partial charge in [0.15, 0.2) is 15.8 Å². The van der Waals surface area contributed by atoms with E-state index in [-0.39, 0.29) is 17.5 Å². The Kier molecular flexibility index (Phi) is 7.65. The fourth-order valence-electron chi connectivity index (χ4n) is 3.78. The van der Waals surface area contributed by atoms with Gasteiger partial charge in [-0.2, -0.15) is 0 Å². The van der Waals surface area contributed by atoms with Crippen LogP contribution in [0.2, 0.25) is 0 Å². The molecule has 1 atom stereocenters. The molecule has 0 amide bonds. The molecule has 10 heteroatoms. The van der Waals surface area contributed by atoms with Crippen molar-refractivity contribution in [2.75, 3.05) is 76.9 Å². The van der Waals surface area contributed by atoms with Crippen molar-refractivity contribution in [3.8, 4) is 11.5 Å². The average Bonchev–Trinajstić information content (AvgIpc) is 3.22. The van der Waals surface area contributed by atoms with Gasteiger partial charge in [-0.05, 0) is 6.42 Å². The maximum Gasteiger partial charge on any atom is 0.191 e. The number of methoxy groups -OCH3 is 2. The van der Waals surface area contributed by atoms with Crippen molar-refractivity contribution >= 4 is 21.5 Å². The number of nitrogens with zero attached hydrogens (tertiary/aromatic N) is 3. The van der Waals surface area contributed by atoms with Crippen LogP contribution < -0.4 is 25.0 Å². The molecule has 0 spiro atoms. The van der Waals surface area contributed by atoms with E-state index < -0.39 is 9.84 Å². The summed E-state index contributed by atoms with van der Waals surface area (Å²) >= 11 is 0. The molecule has 9 nitrogen and oxygen atoms in total. The zero-order chi connectivity index (χ0) is 21.6. The number of hydrogen-bond donors (Lipinski definition) is 2. The summed E-state index contributed by atoms with van der Waals surface area (Å²) in [4.78, 5) is 8.82. The summed E-state index contributed by atoms with van der Waals surface area (Å²) in [5.41, 5.74) is 1.08. The molecule has 30 heavy (non-hydrogen) atoms. The lowest BCUT2D eigenvalue weighted by atomic mass is 10.2. The molecule has 2 fully saturated rings. The summed E-state index contributed by atoms with van der Waals surface area (Å²) in [5, 5.41) is 6.84. The minimum absolute atomic E-state index is 0.257. The van der Waals surface area contributed by atoms with Gasteiger partial charge in [-0.15, -0.1) is 0 Å². The number of rotatable bonds is 7. The summed E-state index contributed by atoms with van der Waals surface area (Å²) in [6, 6.07) is 6.21. The summed E-state index contributed by atoms with van der Waals surface area (Å²) in [7, 11) is 2.25. The van der Waals surface area contributed by atoms with E-state index in [0.717, 1.165) is 55.7 Å². The van der Waals surface area contributed by atoms with Gasteiger partial charge in [-0.1, -0.05) is 0 Å². The van der Waals surface area contributed by atoms with E-state index in [1.165, 1.54) is 0 Å². The molecular formula is C20H33N5O4S. The second-order valence-electron chi connectivity index (χ2n) is 7.64. The SMILES string of the molecule is CN=C(NCCN1CCS(=O)(=O)CC1)NC1CCN(c2cc(OC)cc(OC)c2)C1. The third-order valence-corrected chi connectivity index (χ3v) is 7.22. The first-order chi connectivity index (χ1) is 14.4. The Labute approximate surface area is 179 Å². The summed E-state index contributed by atoms with van der Waals surface area (Å²) < 4.78 is 33.8. The van der Waals surface area contributed by atoms with Crippen LogP contribution in [0.1, 0.15) is 6.42 Å². The van der Waals surface area contributed by atoms with Crippen LogP contribution >= 0.6 is 0 Å². The Morgan fingerprint density at radius 2 is 1.80 bits per heavy atom. The van der Waals surface area contributed by atoms with E-state index in [4.69, 9.17) is 9.47 Å². The van der Waals surface area contributed by atoms with Crippen LogP contribution in [0.5, 0.6) is 11.5 Å². The predicted octanol–water partition coefficient (Wildman–Crippen LogP) is 0.178. The first kappa shape index (κ1) is 22.5. The van der Waals surface area contributed by atoms with E-state index in [1.807, 2.05) is 18.2 Å². The van der Waals surface area contributed by atoms with Crippen molar-refractivity contribution in [2.45, 2.75) is 12.5 Å². The van der Waals surface area contributed by atoms with Crippen molar-refractivity contribution in [3.05, 3.63) is 18.2 Å². The molecule has 1 unspecified atom stereocenters. The van der Waals surface area contributed by atoms with E-state index in [2.05, 4.69) is 25.4 Å². The highest BCUT2D eigenvalue weighted by molar-refractivity contribution is 7.91. The molecule has 2 heterocycles. The van der Waals surface area contributed by atoms with Gasteiger partial charge in [-0.25, -0.2) is 8.42 Å². The highest BCUT2D eigenvalue weighted by atomic mass is 32.2. The normalized spacial score (nSPS) is 22.0. The van der Waals surface area contributed by atoms with Gasteiger partial charge in [0.2, 0.25) is 0 Å². The van der Waals surface area contributed by atoms with Crippen molar-refractivity contribution in [1.29, 1.82) is 0 Å². The van der Waals surface area contributed by atoms with Crippen LogP contribution in [0.3, 0.4) is 0 Å². The van der Waals surface area contributed by atoms with E-state index in [9.17, 15) is 8.42 Å². The highest BCUT2D eigenvalue weighted by Crippen LogP contribution is 2.30. The second-order valence-corrected chi connectivity index (χ2v) is 9.94. The minimum Gasteiger partial charge on any atom is -0.497 e. The Morgan fingerprint density at radius 3 is 2.40 bits per heavy atom. The fourth-order valence-corrected chi connectivity index (χ4v) is 5.06. The summed E-state index contributed by atoms with van der Waals surface area (Å²) in [6.07, 6.45) is 1.00. The molecule has 2 aliphatic rings. The van der Waals surface area contributed by atoms with Gasteiger partial charge in [0, 0.05) is 76.2 Å². The van der Waals surface area contributed by atoms with E-state index >= 15 is 0 Å². The Bertz CT molecular complexity index is 809.